The van der Waals surface area contributed by atoms with Crippen molar-refractivity contribution in [3.05, 3.63) is 11.8 Å². The van der Waals surface area contributed by atoms with Gasteiger partial charge in [0.25, 0.3) is 0 Å². The second-order valence-electron chi connectivity index (χ2n) is 6.15. The summed E-state index contributed by atoms with van der Waals surface area (Å²) < 4.78 is 0. The minimum atomic E-state index is -0.907. The molecule has 0 aromatic rings. The molecule has 5 nitrogen and oxygen atoms in total. The molecule has 1 aliphatic rings. The van der Waals surface area contributed by atoms with Crippen molar-refractivity contribution in [2.24, 2.45) is 0 Å². The highest BCUT2D eigenvalue weighted by Crippen LogP contribution is 2.22. The molecule has 114 valence electrons. The van der Waals surface area contributed by atoms with Gasteiger partial charge < -0.3 is 10.0 Å². The summed E-state index contributed by atoms with van der Waals surface area (Å²) >= 11 is 0. The van der Waals surface area contributed by atoms with Crippen LogP contribution in [0.15, 0.2) is 11.8 Å². The Labute approximate surface area is 121 Å². The quantitative estimate of drug-likeness (QED) is 0.810. The first-order valence-electron chi connectivity index (χ1n) is 7.22. The molecule has 0 atom stereocenters. The lowest BCUT2D eigenvalue weighted by atomic mass is 10.1. The van der Waals surface area contributed by atoms with E-state index in [2.05, 4.69) is 6.08 Å². The SMILES string of the molecule is CCN(C(=O)CN(CC(=O)O)C(C)(C)C)C1=CCCC1. The predicted octanol–water partition coefficient (Wildman–Crippen LogP) is 2.09. The average Bonchev–Trinajstić information content (AvgIpc) is 2.81. The molecule has 0 aromatic heterocycles. The van der Waals surface area contributed by atoms with Crippen LogP contribution in [0.25, 0.3) is 0 Å². The Morgan fingerprint density at radius 1 is 1.30 bits per heavy atom. The van der Waals surface area contributed by atoms with Crippen LogP contribution in [-0.4, -0.2) is 52.0 Å². The number of carboxylic acids is 1. The van der Waals surface area contributed by atoms with Gasteiger partial charge >= 0.3 is 5.97 Å². The Bertz CT molecular complexity index is 396. The predicted molar refractivity (Wildman–Crippen MR) is 78.3 cm³/mol. The lowest BCUT2D eigenvalue weighted by molar-refractivity contribution is -0.141. The summed E-state index contributed by atoms with van der Waals surface area (Å²) in [6.45, 7) is 8.38. The van der Waals surface area contributed by atoms with Crippen LogP contribution in [0.4, 0.5) is 0 Å². The van der Waals surface area contributed by atoms with Crippen LogP contribution in [0.2, 0.25) is 0 Å². The van der Waals surface area contributed by atoms with Gasteiger partial charge in [0.05, 0.1) is 13.1 Å². The smallest absolute Gasteiger partial charge is 0.317 e. The van der Waals surface area contributed by atoms with Crippen LogP contribution in [0.3, 0.4) is 0 Å². The van der Waals surface area contributed by atoms with Gasteiger partial charge in [-0.1, -0.05) is 6.08 Å². The van der Waals surface area contributed by atoms with Crippen molar-refractivity contribution in [1.29, 1.82) is 0 Å². The van der Waals surface area contributed by atoms with Gasteiger partial charge in [-0.05, 0) is 47.0 Å². The molecule has 1 N–H and O–H groups in total. The van der Waals surface area contributed by atoms with E-state index in [1.807, 2.05) is 27.7 Å². The zero-order chi connectivity index (χ0) is 15.3. The summed E-state index contributed by atoms with van der Waals surface area (Å²) in [6, 6.07) is 0. The maximum absolute atomic E-state index is 12.5. The summed E-state index contributed by atoms with van der Waals surface area (Å²) in [5, 5.41) is 8.99. The molecule has 1 aliphatic carbocycles. The molecule has 0 heterocycles. The van der Waals surface area contributed by atoms with Gasteiger partial charge in [0.2, 0.25) is 5.91 Å². The van der Waals surface area contributed by atoms with E-state index in [-0.39, 0.29) is 24.5 Å². The van der Waals surface area contributed by atoms with Crippen molar-refractivity contribution in [2.45, 2.75) is 52.5 Å². The molecule has 0 unspecified atom stereocenters. The number of hydrogen-bond donors (Lipinski definition) is 1. The summed E-state index contributed by atoms with van der Waals surface area (Å²) in [4.78, 5) is 26.9. The van der Waals surface area contributed by atoms with E-state index in [1.54, 1.807) is 9.80 Å². The monoisotopic (exact) mass is 282 g/mol. The van der Waals surface area contributed by atoms with Crippen LogP contribution in [0.1, 0.15) is 47.0 Å². The summed E-state index contributed by atoms with van der Waals surface area (Å²) in [7, 11) is 0. The fourth-order valence-corrected chi connectivity index (χ4v) is 2.38. The molecule has 0 radical (unpaired) electrons. The number of hydrogen-bond acceptors (Lipinski definition) is 3. The molecular formula is C15H26N2O3. The molecule has 0 saturated carbocycles. The minimum absolute atomic E-state index is 0.0168. The van der Waals surface area contributed by atoms with Gasteiger partial charge in [0.15, 0.2) is 0 Å². The lowest BCUT2D eigenvalue weighted by Gasteiger charge is -2.35. The number of rotatable bonds is 6. The molecule has 0 aromatic carbocycles. The van der Waals surface area contributed by atoms with Crippen molar-refractivity contribution in [3.8, 4) is 0 Å². The second-order valence-corrected chi connectivity index (χ2v) is 6.15. The normalized spacial score (nSPS) is 15.3. The fourth-order valence-electron chi connectivity index (χ4n) is 2.38. The lowest BCUT2D eigenvalue weighted by Crippen LogP contribution is -2.50. The van der Waals surface area contributed by atoms with Crippen LogP contribution < -0.4 is 0 Å². The Kier molecular flexibility index (Phi) is 5.74. The molecule has 0 bridgehead atoms. The molecule has 0 spiro atoms. The van der Waals surface area contributed by atoms with Crippen LogP contribution in [0.5, 0.6) is 0 Å². The van der Waals surface area contributed by atoms with E-state index in [1.165, 1.54) is 0 Å². The summed E-state index contributed by atoms with van der Waals surface area (Å²) in [5.41, 5.74) is 0.735. The number of allylic oxidation sites excluding steroid dienone is 2. The van der Waals surface area contributed by atoms with E-state index in [4.69, 9.17) is 5.11 Å². The highest BCUT2D eigenvalue weighted by molar-refractivity contribution is 5.81. The number of nitrogens with zero attached hydrogens (tertiary/aromatic N) is 2. The molecule has 5 heteroatoms. The third-order valence-electron chi connectivity index (χ3n) is 3.58. The van der Waals surface area contributed by atoms with Gasteiger partial charge in [-0.15, -0.1) is 0 Å². The molecule has 0 saturated heterocycles. The van der Waals surface area contributed by atoms with Crippen molar-refractivity contribution < 1.29 is 14.7 Å². The largest absolute Gasteiger partial charge is 0.480 e. The van der Waals surface area contributed by atoms with Crippen LogP contribution in [-0.2, 0) is 9.59 Å². The number of carbonyl (C=O) groups excluding carboxylic acids is 1. The molecular weight excluding hydrogens is 256 g/mol. The Balaban J connectivity index is 2.75. The van der Waals surface area contributed by atoms with Gasteiger partial charge in [-0.2, -0.15) is 0 Å². The first-order valence-corrected chi connectivity index (χ1v) is 7.22. The van der Waals surface area contributed by atoms with E-state index >= 15 is 0 Å². The minimum Gasteiger partial charge on any atom is -0.480 e. The molecule has 1 rings (SSSR count). The van der Waals surface area contributed by atoms with Crippen molar-refractivity contribution >= 4 is 11.9 Å². The standard InChI is InChI=1S/C15H26N2O3/c1-5-17(12-8-6-7-9-12)13(18)10-16(11-14(19)20)15(2,3)4/h8H,5-7,9-11H2,1-4H3,(H,19,20). The zero-order valence-electron chi connectivity index (χ0n) is 13.0. The summed E-state index contributed by atoms with van der Waals surface area (Å²) in [5.74, 6) is -0.923. The Hall–Kier alpha value is -1.36. The highest BCUT2D eigenvalue weighted by Gasteiger charge is 2.28. The molecule has 1 amide bonds. The Morgan fingerprint density at radius 2 is 1.95 bits per heavy atom. The van der Waals surface area contributed by atoms with Gasteiger partial charge in [-0.3, -0.25) is 14.5 Å². The molecule has 20 heavy (non-hydrogen) atoms. The first kappa shape index (κ1) is 16.7. The second kappa shape index (κ2) is 6.88. The molecule has 0 aliphatic heterocycles. The number of aliphatic carboxylic acids is 1. The topological polar surface area (TPSA) is 60.9 Å². The highest BCUT2D eigenvalue weighted by atomic mass is 16.4. The van der Waals surface area contributed by atoms with Crippen molar-refractivity contribution in [2.75, 3.05) is 19.6 Å². The van der Waals surface area contributed by atoms with Crippen LogP contribution in [0, 0.1) is 0 Å². The van der Waals surface area contributed by atoms with E-state index in [0.29, 0.717) is 6.54 Å². The van der Waals surface area contributed by atoms with Gasteiger partial charge in [0, 0.05) is 17.8 Å². The van der Waals surface area contributed by atoms with Crippen molar-refractivity contribution in [1.82, 2.24) is 9.80 Å². The summed E-state index contributed by atoms with van der Waals surface area (Å²) in [6.07, 6.45) is 5.17. The Morgan fingerprint density at radius 3 is 2.35 bits per heavy atom. The third kappa shape index (κ3) is 4.63. The first-order chi connectivity index (χ1) is 9.25. The van der Waals surface area contributed by atoms with Crippen LogP contribution >= 0.6 is 0 Å². The molecule has 0 fully saturated rings. The maximum Gasteiger partial charge on any atom is 0.317 e. The maximum atomic E-state index is 12.5. The van der Waals surface area contributed by atoms with Gasteiger partial charge in [0.1, 0.15) is 0 Å². The number of amides is 1. The number of likely N-dealkylation sites (N-methyl/N-ethyl adjacent to an activating group) is 1. The fraction of sp³-hybridized carbons (Fsp3) is 0.733. The van der Waals surface area contributed by atoms with E-state index in [0.717, 1.165) is 25.0 Å². The third-order valence-corrected chi connectivity index (χ3v) is 3.58. The van der Waals surface area contributed by atoms with Gasteiger partial charge in [-0.25, -0.2) is 0 Å². The van der Waals surface area contributed by atoms with Crippen molar-refractivity contribution in [3.63, 3.8) is 0 Å². The van der Waals surface area contributed by atoms with E-state index in [9.17, 15) is 9.59 Å². The number of carboxylic acid groups (broad SMARTS) is 1. The van der Waals surface area contributed by atoms with E-state index < -0.39 is 5.97 Å². The average molecular weight is 282 g/mol. The zero-order valence-corrected chi connectivity index (χ0v) is 13.0. The number of carbonyl (C=O) groups is 2.